The Morgan fingerprint density at radius 2 is 1.79 bits per heavy atom. The van der Waals surface area contributed by atoms with Crippen LogP contribution < -0.4 is 10.1 Å². The lowest BCUT2D eigenvalue weighted by molar-refractivity contribution is -0.274. The van der Waals surface area contributed by atoms with E-state index < -0.39 is 30.2 Å². The Balaban J connectivity index is 1.71. The van der Waals surface area contributed by atoms with Crippen LogP contribution in [0.4, 0.5) is 13.2 Å². The molecule has 2 unspecified atom stereocenters. The van der Waals surface area contributed by atoms with Crippen LogP contribution in [-0.4, -0.2) is 23.5 Å². The van der Waals surface area contributed by atoms with Gasteiger partial charge in [-0.05, 0) is 35.4 Å². The average Bonchev–Trinajstić information content (AvgIpc) is 2.82. The topological polar surface area (TPSA) is 58.6 Å². The first kappa shape index (κ1) is 16.3. The lowest BCUT2D eigenvalue weighted by Gasteiger charge is -2.18. The van der Waals surface area contributed by atoms with Gasteiger partial charge in [0.15, 0.2) is 0 Å². The highest BCUT2D eigenvalue weighted by Crippen LogP contribution is 2.31. The van der Waals surface area contributed by atoms with Crippen LogP contribution in [0, 0.1) is 0 Å². The SMILES string of the molecule is O=C(NC1c2ccccc2CC1O)c1ccc(OC(F)(F)F)cc1. The van der Waals surface area contributed by atoms with Crippen molar-refractivity contribution in [2.45, 2.75) is 24.9 Å². The molecule has 2 aromatic carbocycles. The van der Waals surface area contributed by atoms with Gasteiger partial charge in [0, 0.05) is 12.0 Å². The van der Waals surface area contributed by atoms with E-state index in [1.165, 1.54) is 12.1 Å². The van der Waals surface area contributed by atoms with E-state index in [1.807, 2.05) is 24.3 Å². The summed E-state index contributed by atoms with van der Waals surface area (Å²) in [7, 11) is 0. The summed E-state index contributed by atoms with van der Waals surface area (Å²) in [5.74, 6) is -0.875. The van der Waals surface area contributed by atoms with E-state index in [0.717, 1.165) is 23.3 Å². The molecule has 3 rings (SSSR count). The van der Waals surface area contributed by atoms with Crippen LogP contribution in [0.25, 0.3) is 0 Å². The highest BCUT2D eigenvalue weighted by Gasteiger charge is 2.33. The number of amides is 1. The first-order chi connectivity index (χ1) is 11.3. The van der Waals surface area contributed by atoms with Gasteiger partial charge in [0.1, 0.15) is 5.75 Å². The van der Waals surface area contributed by atoms with Crippen molar-refractivity contribution in [2.24, 2.45) is 0 Å². The zero-order valence-corrected chi connectivity index (χ0v) is 12.4. The molecule has 1 amide bonds. The number of carbonyl (C=O) groups is 1. The van der Waals surface area contributed by atoms with Gasteiger partial charge in [-0.2, -0.15) is 0 Å². The number of hydrogen-bond donors (Lipinski definition) is 2. The summed E-state index contributed by atoms with van der Waals surface area (Å²) in [6.07, 6.45) is -5.07. The molecule has 0 aliphatic heterocycles. The largest absolute Gasteiger partial charge is 0.573 e. The van der Waals surface area contributed by atoms with Crippen LogP contribution in [0.1, 0.15) is 27.5 Å². The third-order valence-corrected chi connectivity index (χ3v) is 3.84. The van der Waals surface area contributed by atoms with E-state index in [-0.39, 0.29) is 5.56 Å². The Morgan fingerprint density at radius 1 is 1.12 bits per heavy atom. The van der Waals surface area contributed by atoms with Crippen LogP contribution in [0.15, 0.2) is 48.5 Å². The predicted octanol–water partition coefficient (Wildman–Crippen LogP) is 2.97. The molecule has 7 heteroatoms. The van der Waals surface area contributed by atoms with Gasteiger partial charge in [-0.15, -0.1) is 13.2 Å². The van der Waals surface area contributed by atoms with E-state index >= 15 is 0 Å². The second-order valence-electron chi connectivity index (χ2n) is 5.49. The van der Waals surface area contributed by atoms with Crippen molar-refractivity contribution in [3.8, 4) is 5.75 Å². The number of hydrogen-bond acceptors (Lipinski definition) is 3. The van der Waals surface area contributed by atoms with Crippen molar-refractivity contribution in [1.29, 1.82) is 0 Å². The first-order valence-corrected chi connectivity index (χ1v) is 7.26. The summed E-state index contributed by atoms with van der Waals surface area (Å²) in [5, 5.41) is 12.8. The fraction of sp³-hybridized carbons (Fsp3) is 0.235. The van der Waals surface area contributed by atoms with Gasteiger partial charge in [0.05, 0.1) is 12.1 Å². The van der Waals surface area contributed by atoms with Crippen molar-refractivity contribution in [3.05, 3.63) is 65.2 Å². The van der Waals surface area contributed by atoms with E-state index in [0.29, 0.717) is 6.42 Å². The van der Waals surface area contributed by atoms with Crippen LogP contribution >= 0.6 is 0 Å². The number of nitrogens with one attached hydrogen (secondary N) is 1. The maximum Gasteiger partial charge on any atom is 0.573 e. The summed E-state index contributed by atoms with van der Waals surface area (Å²) >= 11 is 0. The number of halogens is 3. The second kappa shape index (κ2) is 6.16. The highest BCUT2D eigenvalue weighted by molar-refractivity contribution is 5.94. The fourth-order valence-electron chi connectivity index (χ4n) is 2.78. The third-order valence-electron chi connectivity index (χ3n) is 3.84. The van der Waals surface area contributed by atoms with Gasteiger partial charge in [0.2, 0.25) is 0 Å². The molecular formula is C17H14F3NO3. The van der Waals surface area contributed by atoms with E-state index in [2.05, 4.69) is 10.1 Å². The Labute approximate surface area is 135 Å². The molecule has 0 heterocycles. The third kappa shape index (κ3) is 3.51. The first-order valence-electron chi connectivity index (χ1n) is 7.26. The molecule has 0 fully saturated rings. The van der Waals surface area contributed by atoms with E-state index in [1.54, 1.807) is 0 Å². The number of ether oxygens (including phenoxy) is 1. The molecule has 126 valence electrons. The molecule has 4 nitrogen and oxygen atoms in total. The van der Waals surface area contributed by atoms with Crippen molar-refractivity contribution in [1.82, 2.24) is 5.32 Å². The molecule has 0 saturated heterocycles. The number of benzene rings is 2. The average molecular weight is 337 g/mol. The Kier molecular flexibility index (Phi) is 4.19. The van der Waals surface area contributed by atoms with Gasteiger partial charge in [-0.25, -0.2) is 0 Å². The standard InChI is InChI=1S/C17H14F3NO3/c18-17(19,20)24-12-7-5-10(6-8-12)16(23)21-15-13-4-2-1-3-11(13)9-14(15)22/h1-8,14-15,22H,9H2,(H,21,23). The number of fused-ring (bicyclic) bond motifs is 1. The Morgan fingerprint density at radius 3 is 2.46 bits per heavy atom. The number of rotatable bonds is 3. The maximum atomic E-state index is 12.3. The van der Waals surface area contributed by atoms with E-state index in [9.17, 15) is 23.1 Å². The number of alkyl halides is 3. The molecule has 24 heavy (non-hydrogen) atoms. The molecule has 2 aromatic rings. The molecule has 0 bridgehead atoms. The monoisotopic (exact) mass is 337 g/mol. The smallest absolute Gasteiger partial charge is 0.406 e. The fourth-order valence-corrected chi connectivity index (χ4v) is 2.78. The van der Waals surface area contributed by atoms with Gasteiger partial charge < -0.3 is 15.2 Å². The molecule has 0 aromatic heterocycles. The van der Waals surface area contributed by atoms with Gasteiger partial charge in [0.25, 0.3) is 5.91 Å². The van der Waals surface area contributed by atoms with Crippen molar-refractivity contribution >= 4 is 5.91 Å². The van der Waals surface area contributed by atoms with Gasteiger partial charge >= 0.3 is 6.36 Å². The van der Waals surface area contributed by atoms with Crippen LogP contribution in [-0.2, 0) is 6.42 Å². The maximum absolute atomic E-state index is 12.3. The van der Waals surface area contributed by atoms with Crippen molar-refractivity contribution < 1.29 is 27.8 Å². The minimum Gasteiger partial charge on any atom is -0.406 e. The molecule has 2 atom stereocenters. The minimum absolute atomic E-state index is 0.182. The van der Waals surface area contributed by atoms with Crippen molar-refractivity contribution in [3.63, 3.8) is 0 Å². The molecule has 1 aliphatic rings. The lowest BCUT2D eigenvalue weighted by Crippen LogP contribution is -2.33. The number of aliphatic hydroxyl groups is 1. The van der Waals surface area contributed by atoms with Crippen LogP contribution in [0.5, 0.6) is 5.75 Å². The molecule has 0 spiro atoms. The second-order valence-corrected chi connectivity index (χ2v) is 5.49. The summed E-state index contributed by atoms with van der Waals surface area (Å²) < 4.78 is 40.1. The van der Waals surface area contributed by atoms with Gasteiger partial charge in [-0.3, -0.25) is 4.79 Å². The number of aliphatic hydroxyl groups excluding tert-OH is 1. The predicted molar refractivity (Wildman–Crippen MR) is 79.5 cm³/mol. The molecule has 0 radical (unpaired) electrons. The molecule has 2 N–H and O–H groups in total. The minimum atomic E-state index is -4.78. The summed E-state index contributed by atoms with van der Waals surface area (Å²) in [4.78, 5) is 12.3. The van der Waals surface area contributed by atoms with Crippen LogP contribution in [0.3, 0.4) is 0 Å². The van der Waals surface area contributed by atoms with E-state index in [4.69, 9.17) is 0 Å². The van der Waals surface area contributed by atoms with Crippen molar-refractivity contribution in [2.75, 3.05) is 0 Å². The Bertz CT molecular complexity index is 743. The molecule has 0 saturated carbocycles. The lowest BCUT2D eigenvalue weighted by atomic mass is 10.1. The normalized spacial score (nSPS) is 19.7. The molecular weight excluding hydrogens is 323 g/mol. The zero-order chi connectivity index (χ0) is 17.3. The Hall–Kier alpha value is -2.54. The van der Waals surface area contributed by atoms with Gasteiger partial charge in [-0.1, -0.05) is 24.3 Å². The summed E-state index contributed by atoms with van der Waals surface area (Å²) in [6, 6.07) is 11.5. The quantitative estimate of drug-likeness (QED) is 0.905. The molecule has 1 aliphatic carbocycles. The highest BCUT2D eigenvalue weighted by atomic mass is 19.4. The number of carbonyl (C=O) groups excluding carboxylic acids is 1. The summed E-state index contributed by atoms with van der Waals surface area (Å²) in [5.41, 5.74) is 1.99. The zero-order valence-electron chi connectivity index (χ0n) is 12.4. The van der Waals surface area contributed by atoms with Crippen LogP contribution in [0.2, 0.25) is 0 Å². The summed E-state index contributed by atoms with van der Waals surface area (Å²) in [6.45, 7) is 0.